The maximum atomic E-state index is 12.4. The van der Waals surface area contributed by atoms with Crippen LogP contribution >= 0.6 is 0 Å². The molecule has 0 N–H and O–H groups in total. The molecule has 2 atom stereocenters. The molecule has 4 heteroatoms. The number of amides is 1. The van der Waals surface area contributed by atoms with Crippen LogP contribution in [-0.4, -0.2) is 30.2 Å². The molecule has 0 spiro atoms. The molecule has 1 fully saturated rings. The second-order valence-electron chi connectivity index (χ2n) is 5.76. The average molecular weight is 315 g/mol. The second kappa shape index (κ2) is 7.86. The zero-order valence-electron chi connectivity index (χ0n) is 14.0. The van der Waals surface area contributed by atoms with E-state index < -0.39 is 0 Å². The predicted octanol–water partition coefficient (Wildman–Crippen LogP) is 4.14. The fraction of sp³-hybridized carbons (Fsp3) is 0.421. The van der Waals surface area contributed by atoms with Crippen LogP contribution in [0.15, 0.2) is 54.8 Å². The van der Waals surface area contributed by atoms with Crippen molar-refractivity contribution < 1.29 is 14.3 Å². The van der Waals surface area contributed by atoms with Crippen LogP contribution in [0, 0.1) is 5.92 Å². The SMILES string of the molecule is C=C1CCN(C(=O)OCc2ccccc2)C(C)C1C(=C)OCC. The van der Waals surface area contributed by atoms with Gasteiger partial charge in [0.2, 0.25) is 0 Å². The topological polar surface area (TPSA) is 38.8 Å². The third-order valence-electron chi connectivity index (χ3n) is 4.20. The molecule has 1 heterocycles. The summed E-state index contributed by atoms with van der Waals surface area (Å²) >= 11 is 0. The largest absolute Gasteiger partial charge is 0.498 e. The lowest BCUT2D eigenvalue weighted by Gasteiger charge is -2.40. The van der Waals surface area contributed by atoms with E-state index in [1.165, 1.54) is 0 Å². The highest BCUT2D eigenvalue weighted by atomic mass is 16.6. The lowest BCUT2D eigenvalue weighted by Crippen LogP contribution is -2.48. The van der Waals surface area contributed by atoms with E-state index in [0.29, 0.717) is 18.9 Å². The summed E-state index contributed by atoms with van der Waals surface area (Å²) in [4.78, 5) is 14.2. The van der Waals surface area contributed by atoms with E-state index in [-0.39, 0.29) is 24.7 Å². The Balaban J connectivity index is 1.99. The highest BCUT2D eigenvalue weighted by molar-refractivity contribution is 5.68. The third kappa shape index (κ3) is 4.15. The van der Waals surface area contributed by atoms with E-state index in [1.807, 2.05) is 44.2 Å². The summed E-state index contributed by atoms with van der Waals surface area (Å²) in [7, 11) is 0. The molecule has 0 bridgehead atoms. The molecule has 2 rings (SSSR count). The minimum absolute atomic E-state index is 0.0482. The molecular formula is C19H25NO3. The van der Waals surface area contributed by atoms with E-state index in [0.717, 1.165) is 17.6 Å². The lowest BCUT2D eigenvalue weighted by molar-refractivity contribution is 0.0608. The number of hydrogen-bond acceptors (Lipinski definition) is 3. The van der Waals surface area contributed by atoms with Gasteiger partial charge in [-0.1, -0.05) is 49.1 Å². The van der Waals surface area contributed by atoms with Gasteiger partial charge in [-0.15, -0.1) is 0 Å². The van der Waals surface area contributed by atoms with E-state index in [2.05, 4.69) is 13.2 Å². The molecule has 0 aliphatic carbocycles. The number of piperidine rings is 1. The lowest BCUT2D eigenvalue weighted by atomic mass is 9.85. The molecule has 1 aliphatic rings. The normalized spacial score (nSPS) is 21.0. The summed E-state index contributed by atoms with van der Waals surface area (Å²) in [6, 6.07) is 9.60. The Labute approximate surface area is 138 Å². The number of carbonyl (C=O) groups excluding carboxylic acids is 1. The standard InChI is InChI=1S/C19H25NO3/c1-5-22-16(4)18-14(2)11-12-20(15(18)3)19(21)23-13-17-9-7-6-8-10-17/h6-10,15,18H,2,4-5,11-13H2,1,3H3. The Bertz CT molecular complexity index is 567. The fourth-order valence-corrected chi connectivity index (χ4v) is 2.98. The molecule has 1 saturated heterocycles. The van der Waals surface area contributed by atoms with Crippen LogP contribution in [0.1, 0.15) is 25.8 Å². The number of nitrogens with zero attached hydrogens (tertiary/aromatic N) is 1. The summed E-state index contributed by atoms with van der Waals surface area (Å²) in [5, 5.41) is 0. The van der Waals surface area contributed by atoms with Crippen LogP contribution in [0.5, 0.6) is 0 Å². The molecule has 1 aromatic carbocycles. The first kappa shape index (κ1) is 17.1. The van der Waals surface area contributed by atoms with Crippen molar-refractivity contribution in [2.24, 2.45) is 5.92 Å². The predicted molar refractivity (Wildman–Crippen MR) is 90.8 cm³/mol. The van der Waals surface area contributed by atoms with Crippen molar-refractivity contribution >= 4 is 6.09 Å². The van der Waals surface area contributed by atoms with Gasteiger partial charge in [0.1, 0.15) is 6.61 Å². The molecule has 0 radical (unpaired) electrons. The molecule has 124 valence electrons. The summed E-state index contributed by atoms with van der Waals surface area (Å²) < 4.78 is 11.0. The first-order valence-electron chi connectivity index (χ1n) is 8.01. The van der Waals surface area contributed by atoms with Gasteiger partial charge in [0.05, 0.1) is 18.3 Å². The summed E-state index contributed by atoms with van der Waals surface area (Å²) in [5.74, 6) is 0.624. The van der Waals surface area contributed by atoms with Crippen molar-refractivity contribution in [1.82, 2.24) is 4.90 Å². The number of rotatable bonds is 5. The van der Waals surface area contributed by atoms with E-state index >= 15 is 0 Å². The first-order chi connectivity index (χ1) is 11.0. The molecule has 0 aromatic heterocycles. The minimum atomic E-state index is -0.303. The van der Waals surface area contributed by atoms with Gasteiger partial charge >= 0.3 is 6.09 Å². The van der Waals surface area contributed by atoms with Gasteiger partial charge < -0.3 is 14.4 Å². The van der Waals surface area contributed by atoms with Crippen molar-refractivity contribution in [3.8, 4) is 0 Å². The van der Waals surface area contributed by atoms with Gasteiger partial charge in [-0.2, -0.15) is 0 Å². The molecule has 4 nitrogen and oxygen atoms in total. The Kier molecular flexibility index (Phi) is 5.85. The van der Waals surface area contributed by atoms with Crippen LogP contribution in [0.4, 0.5) is 4.79 Å². The zero-order valence-corrected chi connectivity index (χ0v) is 14.0. The zero-order chi connectivity index (χ0) is 16.8. The van der Waals surface area contributed by atoms with Crippen LogP contribution in [0.2, 0.25) is 0 Å². The van der Waals surface area contributed by atoms with Crippen molar-refractivity contribution in [1.29, 1.82) is 0 Å². The summed E-state index contributed by atoms with van der Waals surface area (Å²) in [6.07, 6.45) is 0.435. The Morgan fingerprint density at radius 2 is 2.00 bits per heavy atom. The Morgan fingerprint density at radius 3 is 2.65 bits per heavy atom. The van der Waals surface area contributed by atoms with E-state index in [1.54, 1.807) is 4.90 Å². The number of benzene rings is 1. The molecule has 1 aliphatic heterocycles. The van der Waals surface area contributed by atoms with Crippen LogP contribution in [0.25, 0.3) is 0 Å². The summed E-state index contributed by atoms with van der Waals surface area (Å²) in [5.41, 5.74) is 2.04. The van der Waals surface area contributed by atoms with E-state index in [4.69, 9.17) is 9.47 Å². The quantitative estimate of drug-likeness (QED) is 0.605. The van der Waals surface area contributed by atoms with Gasteiger partial charge in [-0.3, -0.25) is 0 Å². The van der Waals surface area contributed by atoms with Crippen LogP contribution in [0.3, 0.4) is 0 Å². The molecule has 0 saturated carbocycles. The van der Waals surface area contributed by atoms with Gasteiger partial charge in [-0.25, -0.2) is 4.79 Å². The second-order valence-corrected chi connectivity index (χ2v) is 5.76. The molecular weight excluding hydrogens is 290 g/mol. The highest BCUT2D eigenvalue weighted by Crippen LogP contribution is 2.33. The number of ether oxygens (including phenoxy) is 2. The Hall–Kier alpha value is -2.23. The van der Waals surface area contributed by atoms with Crippen molar-refractivity contribution in [3.63, 3.8) is 0 Å². The van der Waals surface area contributed by atoms with E-state index in [9.17, 15) is 4.79 Å². The maximum absolute atomic E-state index is 12.4. The number of hydrogen-bond donors (Lipinski definition) is 0. The van der Waals surface area contributed by atoms with Crippen molar-refractivity contribution in [2.45, 2.75) is 32.9 Å². The molecule has 2 unspecified atom stereocenters. The maximum Gasteiger partial charge on any atom is 0.410 e. The fourth-order valence-electron chi connectivity index (χ4n) is 2.98. The average Bonchev–Trinajstić information content (AvgIpc) is 2.54. The smallest absolute Gasteiger partial charge is 0.410 e. The molecule has 23 heavy (non-hydrogen) atoms. The molecule has 1 amide bonds. The number of likely N-dealkylation sites (tertiary alicyclic amines) is 1. The van der Waals surface area contributed by atoms with Crippen molar-refractivity contribution in [3.05, 3.63) is 60.4 Å². The number of carbonyl (C=O) groups is 1. The third-order valence-corrected chi connectivity index (χ3v) is 4.20. The minimum Gasteiger partial charge on any atom is -0.498 e. The monoisotopic (exact) mass is 315 g/mol. The Morgan fingerprint density at radius 1 is 1.30 bits per heavy atom. The van der Waals surface area contributed by atoms with Crippen LogP contribution < -0.4 is 0 Å². The first-order valence-corrected chi connectivity index (χ1v) is 8.01. The highest BCUT2D eigenvalue weighted by Gasteiger charge is 2.36. The van der Waals surface area contributed by atoms with Gasteiger partial charge in [-0.05, 0) is 25.8 Å². The van der Waals surface area contributed by atoms with Gasteiger partial charge in [0, 0.05) is 12.6 Å². The molecule has 1 aromatic rings. The van der Waals surface area contributed by atoms with Crippen LogP contribution in [-0.2, 0) is 16.1 Å². The van der Waals surface area contributed by atoms with Gasteiger partial charge in [0.15, 0.2) is 0 Å². The summed E-state index contributed by atoms with van der Waals surface area (Å²) in [6.45, 7) is 13.5. The van der Waals surface area contributed by atoms with Crippen molar-refractivity contribution in [2.75, 3.05) is 13.2 Å². The van der Waals surface area contributed by atoms with Gasteiger partial charge in [0.25, 0.3) is 0 Å².